The summed E-state index contributed by atoms with van der Waals surface area (Å²) in [6, 6.07) is 2.80. The summed E-state index contributed by atoms with van der Waals surface area (Å²) in [4.78, 5) is 14.8. The van der Waals surface area contributed by atoms with E-state index in [4.69, 9.17) is 5.73 Å². The van der Waals surface area contributed by atoms with Crippen LogP contribution in [0.3, 0.4) is 0 Å². The van der Waals surface area contributed by atoms with E-state index in [1.165, 1.54) is 36.1 Å². The summed E-state index contributed by atoms with van der Waals surface area (Å²) in [6.07, 6.45) is 11.6. The molecule has 0 spiro atoms. The van der Waals surface area contributed by atoms with Crippen molar-refractivity contribution in [2.75, 3.05) is 0 Å². The number of thiophene rings is 1. The van der Waals surface area contributed by atoms with Gasteiger partial charge in [0.1, 0.15) is 0 Å². The molecule has 0 saturated heterocycles. The number of hydrogen-bond donors (Lipinski definition) is 2. The number of carbonyl (C=O) groups is 1. The Morgan fingerprint density at radius 2 is 1.81 bits per heavy atom. The second kappa shape index (κ2) is 6.93. The third-order valence-electron chi connectivity index (χ3n) is 4.83. The molecule has 0 unspecified atom stereocenters. The van der Waals surface area contributed by atoms with Crippen molar-refractivity contribution in [1.29, 1.82) is 0 Å². The molecule has 2 aliphatic carbocycles. The maximum atomic E-state index is 12.5. The third-order valence-corrected chi connectivity index (χ3v) is 6.06. The fraction of sp³-hybridized carbons (Fsp3) is 0.706. The summed E-state index contributed by atoms with van der Waals surface area (Å²) in [5.74, 6) is 0.132. The van der Waals surface area contributed by atoms with Crippen LogP contribution in [-0.2, 0) is 12.8 Å². The second-order valence-corrected chi connectivity index (χ2v) is 7.70. The van der Waals surface area contributed by atoms with Crippen LogP contribution < -0.4 is 11.1 Å². The highest BCUT2D eigenvalue weighted by Gasteiger charge is 2.22. The Bertz CT molecular complexity index is 463. The first kappa shape index (κ1) is 15.0. The van der Waals surface area contributed by atoms with Gasteiger partial charge in [0.05, 0.1) is 4.88 Å². The third kappa shape index (κ3) is 3.86. The molecular formula is C17H26N2OS. The molecule has 0 atom stereocenters. The Hall–Kier alpha value is -0.870. The lowest BCUT2D eigenvalue weighted by atomic mass is 9.92. The van der Waals surface area contributed by atoms with Crippen LogP contribution >= 0.6 is 11.3 Å². The van der Waals surface area contributed by atoms with Crippen LogP contribution in [0.1, 0.15) is 71.5 Å². The van der Waals surface area contributed by atoms with Gasteiger partial charge in [0.25, 0.3) is 5.91 Å². The topological polar surface area (TPSA) is 55.1 Å². The minimum atomic E-state index is 0.132. The van der Waals surface area contributed by atoms with Gasteiger partial charge in [0, 0.05) is 17.0 Å². The second-order valence-electron chi connectivity index (χ2n) is 6.56. The van der Waals surface area contributed by atoms with Crippen LogP contribution in [0.25, 0.3) is 0 Å². The van der Waals surface area contributed by atoms with Crippen molar-refractivity contribution < 1.29 is 4.79 Å². The Labute approximate surface area is 131 Å². The van der Waals surface area contributed by atoms with Gasteiger partial charge in [0.15, 0.2) is 0 Å². The number of aryl methyl sites for hydroxylation is 2. The summed E-state index contributed by atoms with van der Waals surface area (Å²) >= 11 is 1.72. The summed E-state index contributed by atoms with van der Waals surface area (Å²) in [7, 11) is 0. The molecule has 1 aromatic heterocycles. The van der Waals surface area contributed by atoms with Gasteiger partial charge in [-0.25, -0.2) is 0 Å². The Morgan fingerprint density at radius 1 is 1.10 bits per heavy atom. The van der Waals surface area contributed by atoms with Gasteiger partial charge in [-0.2, -0.15) is 0 Å². The molecule has 21 heavy (non-hydrogen) atoms. The summed E-state index contributed by atoms with van der Waals surface area (Å²) in [6.45, 7) is 0. The zero-order chi connectivity index (χ0) is 14.7. The molecule has 0 aliphatic heterocycles. The van der Waals surface area contributed by atoms with Crippen LogP contribution in [0.2, 0.25) is 0 Å². The minimum Gasteiger partial charge on any atom is -0.349 e. The normalized spacial score (nSPS) is 26.5. The van der Waals surface area contributed by atoms with E-state index >= 15 is 0 Å². The smallest absolute Gasteiger partial charge is 0.261 e. The molecule has 0 bridgehead atoms. The Morgan fingerprint density at radius 3 is 2.57 bits per heavy atom. The quantitative estimate of drug-likeness (QED) is 0.880. The van der Waals surface area contributed by atoms with Gasteiger partial charge in [-0.1, -0.05) is 12.8 Å². The van der Waals surface area contributed by atoms with E-state index in [9.17, 15) is 4.79 Å². The van der Waals surface area contributed by atoms with Gasteiger partial charge >= 0.3 is 0 Å². The highest BCUT2D eigenvalue weighted by molar-refractivity contribution is 7.14. The summed E-state index contributed by atoms with van der Waals surface area (Å²) < 4.78 is 0. The zero-order valence-corrected chi connectivity index (χ0v) is 13.5. The molecular weight excluding hydrogens is 280 g/mol. The van der Waals surface area contributed by atoms with E-state index in [0.717, 1.165) is 43.4 Å². The molecule has 4 heteroatoms. The number of carbonyl (C=O) groups excluding carboxylic acids is 1. The average Bonchev–Trinajstić information content (AvgIpc) is 2.84. The Kier molecular flexibility index (Phi) is 4.96. The first-order chi connectivity index (χ1) is 10.2. The first-order valence-corrected chi connectivity index (χ1v) is 9.22. The summed E-state index contributed by atoms with van der Waals surface area (Å²) in [5, 5.41) is 3.21. The number of nitrogens with one attached hydrogen (secondary N) is 1. The van der Waals surface area contributed by atoms with Crippen molar-refractivity contribution in [3.05, 3.63) is 21.4 Å². The maximum Gasteiger partial charge on any atom is 0.261 e. The number of hydrogen-bond acceptors (Lipinski definition) is 3. The standard InChI is InChI=1S/C17H26N2OS/c18-13-7-9-14(10-8-13)19-17(20)16-11-12-5-3-1-2-4-6-15(12)21-16/h11,13-14H,1-10,18H2,(H,19,20). The maximum absolute atomic E-state index is 12.5. The number of rotatable bonds is 2. The summed E-state index contributed by atoms with van der Waals surface area (Å²) in [5.41, 5.74) is 7.35. The monoisotopic (exact) mass is 306 g/mol. The fourth-order valence-corrected chi connectivity index (χ4v) is 4.63. The fourth-order valence-electron chi connectivity index (χ4n) is 3.48. The average molecular weight is 306 g/mol. The molecule has 1 amide bonds. The molecule has 3 rings (SSSR count). The van der Waals surface area contributed by atoms with Gasteiger partial charge < -0.3 is 11.1 Å². The van der Waals surface area contributed by atoms with E-state index < -0.39 is 0 Å². The molecule has 2 aliphatic rings. The van der Waals surface area contributed by atoms with Gasteiger partial charge in [-0.05, 0) is 63.0 Å². The molecule has 0 radical (unpaired) electrons. The lowest BCUT2D eigenvalue weighted by molar-refractivity contribution is 0.0930. The highest BCUT2D eigenvalue weighted by Crippen LogP contribution is 2.29. The first-order valence-electron chi connectivity index (χ1n) is 8.40. The van der Waals surface area contributed by atoms with E-state index in [0.29, 0.717) is 12.1 Å². The van der Waals surface area contributed by atoms with Crippen LogP contribution in [0.5, 0.6) is 0 Å². The molecule has 3 nitrogen and oxygen atoms in total. The van der Waals surface area contributed by atoms with Crippen LogP contribution in [0, 0.1) is 0 Å². The molecule has 0 aromatic carbocycles. The lowest BCUT2D eigenvalue weighted by Gasteiger charge is -2.26. The van der Waals surface area contributed by atoms with Crippen molar-refractivity contribution in [1.82, 2.24) is 5.32 Å². The van der Waals surface area contributed by atoms with Crippen LogP contribution in [0.4, 0.5) is 0 Å². The number of fused-ring (bicyclic) bond motifs is 1. The molecule has 1 fully saturated rings. The van der Waals surface area contributed by atoms with Crippen molar-refractivity contribution >= 4 is 17.2 Å². The molecule has 1 saturated carbocycles. The van der Waals surface area contributed by atoms with Crippen molar-refractivity contribution in [3.8, 4) is 0 Å². The van der Waals surface area contributed by atoms with E-state index in [2.05, 4.69) is 11.4 Å². The molecule has 1 aromatic rings. The predicted molar refractivity (Wildman–Crippen MR) is 87.9 cm³/mol. The van der Waals surface area contributed by atoms with Gasteiger partial charge in [-0.3, -0.25) is 4.79 Å². The van der Waals surface area contributed by atoms with Crippen LogP contribution in [-0.4, -0.2) is 18.0 Å². The number of amides is 1. The molecule has 116 valence electrons. The lowest BCUT2D eigenvalue weighted by Crippen LogP contribution is -2.40. The largest absolute Gasteiger partial charge is 0.349 e. The molecule has 3 N–H and O–H groups in total. The predicted octanol–water partition coefficient (Wildman–Crippen LogP) is 3.41. The Balaban J connectivity index is 1.63. The van der Waals surface area contributed by atoms with Gasteiger partial charge in [-0.15, -0.1) is 11.3 Å². The van der Waals surface area contributed by atoms with E-state index in [1.54, 1.807) is 11.3 Å². The van der Waals surface area contributed by atoms with Crippen molar-refractivity contribution in [2.45, 2.75) is 76.3 Å². The highest BCUT2D eigenvalue weighted by atomic mass is 32.1. The van der Waals surface area contributed by atoms with E-state index in [1.807, 2.05) is 0 Å². The minimum absolute atomic E-state index is 0.132. The molecule has 1 heterocycles. The van der Waals surface area contributed by atoms with Crippen molar-refractivity contribution in [3.63, 3.8) is 0 Å². The van der Waals surface area contributed by atoms with Gasteiger partial charge in [0.2, 0.25) is 0 Å². The zero-order valence-electron chi connectivity index (χ0n) is 12.7. The van der Waals surface area contributed by atoms with Crippen LogP contribution in [0.15, 0.2) is 6.07 Å². The van der Waals surface area contributed by atoms with Crippen molar-refractivity contribution in [2.24, 2.45) is 5.73 Å². The van der Waals surface area contributed by atoms with E-state index in [-0.39, 0.29) is 5.91 Å². The number of nitrogens with two attached hydrogens (primary N) is 1. The SMILES string of the molecule is NC1CCC(NC(=O)c2cc3c(s2)CCCCCC3)CC1.